The Hall–Kier alpha value is -3.27. The van der Waals surface area contributed by atoms with Gasteiger partial charge in [-0.2, -0.15) is 18.3 Å². The lowest BCUT2D eigenvalue weighted by Crippen LogP contribution is -2.46. The van der Waals surface area contributed by atoms with Crippen LogP contribution in [-0.2, 0) is 5.60 Å². The van der Waals surface area contributed by atoms with Gasteiger partial charge in [-0.25, -0.2) is 19.6 Å². The highest BCUT2D eigenvalue weighted by molar-refractivity contribution is 5.88. The smallest absolute Gasteiger partial charge is 0.376 e. The molecule has 1 unspecified atom stereocenters. The summed E-state index contributed by atoms with van der Waals surface area (Å²) < 4.78 is 41.8. The van der Waals surface area contributed by atoms with Crippen LogP contribution in [0, 0.1) is 5.92 Å². The number of pyridine rings is 2. The molecule has 29 heavy (non-hydrogen) atoms. The molecule has 4 heterocycles. The van der Waals surface area contributed by atoms with Gasteiger partial charge in [-0.05, 0) is 18.1 Å². The molecule has 0 aliphatic carbocycles. The summed E-state index contributed by atoms with van der Waals surface area (Å²) in [5, 5.41) is 14.5. The van der Waals surface area contributed by atoms with Crippen LogP contribution < -0.4 is 0 Å². The molecule has 4 aromatic rings. The highest BCUT2D eigenvalue weighted by Crippen LogP contribution is 2.44. The molecule has 7 nitrogen and oxygen atoms in total. The van der Waals surface area contributed by atoms with Crippen LogP contribution >= 0.6 is 0 Å². The lowest BCUT2D eigenvalue weighted by Gasteiger charge is -2.34. The van der Waals surface area contributed by atoms with Gasteiger partial charge in [-0.3, -0.25) is 0 Å². The van der Waals surface area contributed by atoms with Crippen molar-refractivity contribution in [3.8, 4) is 16.9 Å². The van der Waals surface area contributed by atoms with Crippen molar-refractivity contribution in [3.05, 3.63) is 54.9 Å². The molecule has 0 amide bonds. The van der Waals surface area contributed by atoms with Crippen molar-refractivity contribution < 1.29 is 18.3 Å². The summed E-state index contributed by atoms with van der Waals surface area (Å²) in [6.07, 6.45) is 2.71. The van der Waals surface area contributed by atoms with Gasteiger partial charge in [0.15, 0.2) is 17.1 Å². The van der Waals surface area contributed by atoms with Gasteiger partial charge in [0.05, 0.1) is 12.5 Å². The molecule has 1 atom stereocenters. The van der Waals surface area contributed by atoms with E-state index in [-0.39, 0.29) is 5.56 Å². The molecule has 0 aromatic carbocycles. The van der Waals surface area contributed by atoms with Crippen molar-refractivity contribution in [1.29, 1.82) is 0 Å². The molecule has 0 aliphatic heterocycles. The number of nitrogens with zero attached hydrogens (tertiary/aromatic N) is 5. The van der Waals surface area contributed by atoms with Crippen LogP contribution in [0.15, 0.2) is 49.3 Å². The fourth-order valence-electron chi connectivity index (χ4n) is 3.24. The predicted molar refractivity (Wildman–Crippen MR) is 99.0 cm³/mol. The number of imidazole rings is 1. The number of aliphatic hydroxyl groups is 1. The molecule has 0 spiro atoms. The Bertz CT molecular complexity index is 1150. The van der Waals surface area contributed by atoms with Crippen molar-refractivity contribution in [2.45, 2.75) is 25.6 Å². The van der Waals surface area contributed by atoms with Gasteiger partial charge in [0.25, 0.3) is 0 Å². The third-order valence-electron chi connectivity index (χ3n) is 4.90. The number of aromatic nitrogens is 6. The van der Waals surface area contributed by atoms with Crippen molar-refractivity contribution in [1.82, 2.24) is 29.7 Å². The van der Waals surface area contributed by atoms with Crippen LogP contribution in [-0.4, -0.2) is 41.0 Å². The molecule has 0 bridgehead atoms. The summed E-state index contributed by atoms with van der Waals surface area (Å²) in [4.78, 5) is 15.4. The second kappa shape index (κ2) is 6.66. The first kappa shape index (κ1) is 19.1. The van der Waals surface area contributed by atoms with Crippen LogP contribution in [0.25, 0.3) is 28.1 Å². The van der Waals surface area contributed by atoms with Crippen LogP contribution in [0.5, 0.6) is 0 Å². The van der Waals surface area contributed by atoms with E-state index < -0.39 is 17.7 Å². The number of hydrogen-bond acceptors (Lipinski definition) is 5. The zero-order valence-electron chi connectivity index (χ0n) is 15.5. The van der Waals surface area contributed by atoms with Crippen LogP contribution in [0.4, 0.5) is 13.2 Å². The average molecular weight is 402 g/mol. The van der Waals surface area contributed by atoms with Gasteiger partial charge in [-0.15, -0.1) is 0 Å². The highest BCUT2D eigenvalue weighted by Gasteiger charge is 2.57. The first-order valence-corrected chi connectivity index (χ1v) is 8.81. The first-order valence-electron chi connectivity index (χ1n) is 8.81. The fourth-order valence-corrected chi connectivity index (χ4v) is 3.24. The van der Waals surface area contributed by atoms with Gasteiger partial charge < -0.3 is 10.1 Å². The molecule has 0 radical (unpaired) electrons. The minimum absolute atomic E-state index is 0.316. The predicted octanol–water partition coefficient (Wildman–Crippen LogP) is 3.61. The van der Waals surface area contributed by atoms with Crippen molar-refractivity contribution >= 4 is 11.2 Å². The molecule has 4 rings (SSSR count). The van der Waals surface area contributed by atoms with E-state index >= 15 is 0 Å². The summed E-state index contributed by atoms with van der Waals surface area (Å²) in [6.45, 7) is 2.62. The minimum Gasteiger partial charge on any atom is -0.376 e. The Labute approximate surface area is 163 Å². The summed E-state index contributed by atoms with van der Waals surface area (Å²) >= 11 is 0. The van der Waals surface area contributed by atoms with E-state index in [0.717, 1.165) is 17.3 Å². The Balaban J connectivity index is 1.68. The highest BCUT2D eigenvalue weighted by atomic mass is 19.4. The van der Waals surface area contributed by atoms with Crippen molar-refractivity contribution in [2.24, 2.45) is 5.92 Å². The number of rotatable bonds is 4. The molecule has 4 aromatic heterocycles. The van der Waals surface area contributed by atoms with E-state index in [9.17, 15) is 18.3 Å². The van der Waals surface area contributed by atoms with Gasteiger partial charge >= 0.3 is 6.18 Å². The maximum atomic E-state index is 13.4. The number of alkyl halides is 3. The first-order chi connectivity index (χ1) is 13.7. The number of fused-ring (bicyclic) bond motifs is 1. The molecule has 150 valence electrons. The molecular weight excluding hydrogens is 385 g/mol. The standard InChI is InChI=1S/C19H17F3N6O/c1-11(2)18(29,19(20,21)22)13-3-4-15(24-8-13)28-9-12(7-27-28)14-5-6-23-17-16(14)25-10-26-17/h3-11,29H,1-2H3,(H,23,25,26). The normalized spacial score (nSPS) is 14.4. The number of aromatic amines is 1. The number of halogens is 3. The Morgan fingerprint density at radius 3 is 2.52 bits per heavy atom. The number of H-pyrrole nitrogens is 1. The molecule has 2 N–H and O–H groups in total. The van der Waals surface area contributed by atoms with Gasteiger partial charge in [0.2, 0.25) is 0 Å². The molecule has 0 fully saturated rings. The summed E-state index contributed by atoms with van der Waals surface area (Å²) in [7, 11) is 0. The fraction of sp³-hybridized carbons (Fsp3) is 0.263. The summed E-state index contributed by atoms with van der Waals surface area (Å²) in [5.41, 5.74) is -0.408. The number of nitrogens with one attached hydrogen (secondary N) is 1. The zero-order valence-corrected chi connectivity index (χ0v) is 15.5. The molecule has 0 saturated carbocycles. The maximum Gasteiger partial charge on any atom is 0.421 e. The monoisotopic (exact) mass is 402 g/mol. The molecule has 10 heteroatoms. The lowest BCUT2D eigenvalue weighted by atomic mass is 9.83. The average Bonchev–Trinajstić information content (AvgIpc) is 3.35. The Morgan fingerprint density at radius 1 is 1.07 bits per heavy atom. The zero-order chi connectivity index (χ0) is 20.8. The topological polar surface area (TPSA) is 92.5 Å². The van der Waals surface area contributed by atoms with Gasteiger partial charge in [-0.1, -0.05) is 19.9 Å². The Morgan fingerprint density at radius 2 is 1.86 bits per heavy atom. The third kappa shape index (κ3) is 3.05. The van der Waals surface area contributed by atoms with E-state index in [2.05, 4.69) is 25.0 Å². The molecular formula is C19H17F3N6O. The van der Waals surface area contributed by atoms with E-state index in [1.165, 1.54) is 30.7 Å². The quantitative estimate of drug-likeness (QED) is 0.544. The van der Waals surface area contributed by atoms with Crippen molar-refractivity contribution in [2.75, 3.05) is 0 Å². The Kier molecular flexibility index (Phi) is 4.38. The van der Waals surface area contributed by atoms with E-state index in [0.29, 0.717) is 17.0 Å². The summed E-state index contributed by atoms with van der Waals surface area (Å²) in [6, 6.07) is 4.41. The van der Waals surface area contributed by atoms with E-state index in [1.54, 1.807) is 31.0 Å². The van der Waals surface area contributed by atoms with Gasteiger partial charge in [0.1, 0.15) is 5.52 Å². The molecule has 0 saturated heterocycles. The largest absolute Gasteiger partial charge is 0.421 e. The SMILES string of the molecule is CC(C)C(O)(c1ccc(-n2cc(-c3ccnc4[nH]cnc34)cn2)nc1)C(F)(F)F. The van der Waals surface area contributed by atoms with E-state index in [1.807, 2.05) is 0 Å². The van der Waals surface area contributed by atoms with Gasteiger partial charge in [0, 0.05) is 35.3 Å². The third-order valence-corrected chi connectivity index (χ3v) is 4.90. The second-order valence-electron chi connectivity index (χ2n) is 6.96. The maximum absolute atomic E-state index is 13.4. The van der Waals surface area contributed by atoms with Crippen molar-refractivity contribution in [3.63, 3.8) is 0 Å². The van der Waals surface area contributed by atoms with E-state index in [4.69, 9.17) is 0 Å². The molecule has 0 aliphatic rings. The summed E-state index contributed by atoms with van der Waals surface area (Å²) in [5.74, 6) is -0.755. The van der Waals surface area contributed by atoms with Crippen LogP contribution in [0.2, 0.25) is 0 Å². The van der Waals surface area contributed by atoms with Crippen LogP contribution in [0.3, 0.4) is 0 Å². The number of hydrogen-bond donors (Lipinski definition) is 2. The lowest BCUT2D eigenvalue weighted by molar-refractivity contribution is -0.283. The second-order valence-corrected chi connectivity index (χ2v) is 6.96. The van der Waals surface area contributed by atoms with Crippen LogP contribution in [0.1, 0.15) is 19.4 Å². The minimum atomic E-state index is -4.82.